The Kier molecular flexibility index (Phi) is 5.71. The summed E-state index contributed by atoms with van der Waals surface area (Å²) in [6, 6.07) is 1.80. The average molecular weight is 322 g/mol. The molecule has 0 fully saturated rings. The third kappa shape index (κ3) is 3.55. The Morgan fingerprint density at radius 1 is 1.45 bits per heavy atom. The van der Waals surface area contributed by atoms with Crippen molar-refractivity contribution in [1.29, 1.82) is 0 Å². The number of carbonyl (C=O) groups is 1. The van der Waals surface area contributed by atoms with Crippen molar-refractivity contribution in [3.8, 4) is 0 Å². The number of unbranched alkanes of at least 4 members (excludes halogenated alkanes) is 1. The number of aryl methyl sites for hydroxylation is 1. The molecule has 22 heavy (non-hydrogen) atoms. The minimum atomic E-state index is -0.442. The number of methoxy groups -OCH3 is 1. The van der Waals surface area contributed by atoms with Crippen molar-refractivity contribution >= 4 is 17.7 Å². The molecule has 0 spiro atoms. The number of thioether (sulfide) groups is 1. The van der Waals surface area contributed by atoms with Gasteiger partial charge < -0.3 is 13.7 Å². The molecule has 0 atom stereocenters. The first-order valence-electron chi connectivity index (χ1n) is 7.39. The highest BCUT2D eigenvalue weighted by Gasteiger charge is 2.17. The van der Waals surface area contributed by atoms with Crippen LogP contribution in [-0.4, -0.2) is 22.6 Å². The van der Waals surface area contributed by atoms with Gasteiger partial charge in [-0.15, -0.1) is 0 Å². The van der Waals surface area contributed by atoms with Crippen molar-refractivity contribution in [2.75, 3.05) is 7.11 Å². The summed E-state index contributed by atoms with van der Waals surface area (Å²) in [5.74, 6) is 0.459. The highest BCUT2D eigenvalue weighted by molar-refractivity contribution is 7.98. The summed E-state index contributed by atoms with van der Waals surface area (Å²) < 4.78 is 12.2. The molecule has 5 nitrogen and oxygen atoms in total. The zero-order valence-electron chi connectivity index (χ0n) is 13.5. The largest absolute Gasteiger partial charge is 0.463 e. The smallest absolute Gasteiger partial charge is 0.374 e. The number of furan rings is 1. The molecular formula is C16H22N2O3S. The molecule has 2 aromatic heterocycles. The van der Waals surface area contributed by atoms with E-state index in [1.54, 1.807) is 17.8 Å². The number of hydrogen-bond donors (Lipinski definition) is 0. The van der Waals surface area contributed by atoms with E-state index in [1.165, 1.54) is 19.1 Å². The molecule has 0 bridgehead atoms. The van der Waals surface area contributed by atoms with E-state index >= 15 is 0 Å². The maximum absolute atomic E-state index is 11.6. The Morgan fingerprint density at radius 3 is 2.91 bits per heavy atom. The quantitative estimate of drug-likeness (QED) is 0.570. The van der Waals surface area contributed by atoms with Crippen LogP contribution < -0.4 is 0 Å². The fourth-order valence-corrected chi connectivity index (χ4v) is 3.27. The van der Waals surface area contributed by atoms with Gasteiger partial charge in [0.2, 0.25) is 5.76 Å². The van der Waals surface area contributed by atoms with Crippen LogP contribution in [0.15, 0.2) is 21.9 Å². The number of hydrogen-bond acceptors (Lipinski definition) is 5. The van der Waals surface area contributed by atoms with E-state index in [9.17, 15) is 4.79 Å². The molecule has 2 rings (SSSR count). The summed E-state index contributed by atoms with van der Waals surface area (Å²) in [5.41, 5.74) is 3.09. The van der Waals surface area contributed by atoms with Crippen LogP contribution in [0.3, 0.4) is 0 Å². The molecule has 0 aliphatic rings. The number of ether oxygens (including phenoxy) is 1. The predicted molar refractivity (Wildman–Crippen MR) is 86.2 cm³/mol. The minimum absolute atomic E-state index is 0.273. The van der Waals surface area contributed by atoms with E-state index in [4.69, 9.17) is 9.15 Å². The number of rotatable bonds is 7. The van der Waals surface area contributed by atoms with Crippen molar-refractivity contribution in [3.63, 3.8) is 0 Å². The van der Waals surface area contributed by atoms with E-state index < -0.39 is 5.97 Å². The Balaban J connectivity index is 2.13. The number of nitrogens with zero attached hydrogens (tertiary/aromatic N) is 2. The normalized spacial score (nSPS) is 10.9. The maximum atomic E-state index is 11.6. The van der Waals surface area contributed by atoms with Crippen LogP contribution in [0.4, 0.5) is 0 Å². The van der Waals surface area contributed by atoms with E-state index in [1.807, 2.05) is 6.92 Å². The van der Waals surface area contributed by atoms with Gasteiger partial charge in [-0.2, -0.15) is 0 Å². The lowest BCUT2D eigenvalue weighted by Crippen LogP contribution is -2.04. The summed E-state index contributed by atoms with van der Waals surface area (Å²) in [6.07, 6.45) is 3.79. The van der Waals surface area contributed by atoms with Gasteiger partial charge in [-0.3, -0.25) is 0 Å². The lowest BCUT2D eigenvalue weighted by Gasteiger charge is -2.09. The third-order valence-corrected chi connectivity index (χ3v) is 4.66. The van der Waals surface area contributed by atoms with E-state index in [2.05, 4.69) is 23.4 Å². The van der Waals surface area contributed by atoms with Crippen molar-refractivity contribution in [1.82, 2.24) is 9.55 Å². The SMILES string of the molecule is CCCCn1c(SCc2ccoc2C(=O)OC)nc(C)c1C. The Hall–Kier alpha value is -1.69. The molecule has 120 valence electrons. The second-order valence-corrected chi connectivity index (χ2v) is 6.07. The molecule has 6 heteroatoms. The van der Waals surface area contributed by atoms with Gasteiger partial charge in [0.25, 0.3) is 0 Å². The minimum Gasteiger partial charge on any atom is -0.463 e. The van der Waals surface area contributed by atoms with Crippen molar-refractivity contribution in [2.24, 2.45) is 0 Å². The Bertz CT molecular complexity index is 646. The van der Waals surface area contributed by atoms with Gasteiger partial charge in [0.05, 0.1) is 19.1 Å². The molecule has 0 N–H and O–H groups in total. The lowest BCUT2D eigenvalue weighted by atomic mass is 10.3. The maximum Gasteiger partial charge on any atom is 0.374 e. The predicted octanol–water partition coefficient (Wildman–Crippen LogP) is 3.97. The fourth-order valence-electron chi connectivity index (χ4n) is 2.18. The Morgan fingerprint density at radius 2 is 2.23 bits per heavy atom. The topological polar surface area (TPSA) is 57.3 Å². The summed E-state index contributed by atoms with van der Waals surface area (Å²) in [5, 5.41) is 0.987. The summed E-state index contributed by atoms with van der Waals surface area (Å²) >= 11 is 1.62. The zero-order valence-corrected chi connectivity index (χ0v) is 14.3. The highest BCUT2D eigenvalue weighted by atomic mass is 32.2. The molecule has 0 aliphatic carbocycles. The molecule has 0 saturated carbocycles. The van der Waals surface area contributed by atoms with E-state index in [-0.39, 0.29) is 5.76 Å². The van der Waals surface area contributed by atoms with Crippen LogP contribution in [0.5, 0.6) is 0 Å². The fraction of sp³-hybridized carbons (Fsp3) is 0.500. The average Bonchev–Trinajstić information content (AvgIpc) is 3.08. The van der Waals surface area contributed by atoms with Crippen molar-refractivity contribution < 1.29 is 13.9 Å². The van der Waals surface area contributed by atoms with Gasteiger partial charge in [-0.05, 0) is 26.3 Å². The molecule has 0 amide bonds. The first-order chi connectivity index (χ1) is 10.6. The van der Waals surface area contributed by atoms with Crippen LogP contribution in [0.25, 0.3) is 0 Å². The molecular weight excluding hydrogens is 300 g/mol. The van der Waals surface area contributed by atoms with Crippen molar-refractivity contribution in [2.45, 2.75) is 51.1 Å². The zero-order chi connectivity index (χ0) is 16.1. The molecule has 0 radical (unpaired) electrons. The van der Waals surface area contributed by atoms with Crippen LogP contribution in [0, 0.1) is 13.8 Å². The first kappa shape index (κ1) is 16.7. The second kappa shape index (κ2) is 7.54. The van der Waals surface area contributed by atoms with E-state index in [0.29, 0.717) is 5.75 Å². The monoisotopic (exact) mass is 322 g/mol. The van der Waals surface area contributed by atoms with Gasteiger partial charge in [0.15, 0.2) is 5.16 Å². The number of esters is 1. The van der Waals surface area contributed by atoms with Crippen LogP contribution >= 0.6 is 11.8 Å². The van der Waals surface area contributed by atoms with Crippen molar-refractivity contribution in [3.05, 3.63) is 35.0 Å². The summed E-state index contributed by atoms with van der Waals surface area (Å²) in [7, 11) is 1.35. The molecule has 2 heterocycles. The van der Waals surface area contributed by atoms with Crippen LogP contribution in [-0.2, 0) is 17.0 Å². The third-order valence-electron chi connectivity index (χ3n) is 3.63. The first-order valence-corrected chi connectivity index (χ1v) is 8.38. The second-order valence-electron chi connectivity index (χ2n) is 5.13. The van der Waals surface area contributed by atoms with Gasteiger partial charge in [0, 0.05) is 23.6 Å². The van der Waals surface area contributed by atoms with Crippen LogP contribution in [0.2, 0.25) is 0 Å². The standard InChI is InChI=1S/C16H22N2O3S/c1-5-6-8-18-12(3)11(2)17-16(18)22-10-13-7-9-21-14(13)15(19)20-4/h7,9H,5-6,8,10H2,1-4H3. The van der Waals surface area contributed by atoms with Gasteiger partial charge in [-0.25, -0.2) is 9.78 Å². The molecule has 0 aliphatic heterocycles. The molecule has 0 aromatic carbocycles. The van der Waals surface area contributed by atoms with Crippen LogP contribution in [0.1, 0.15) is 47.3 Å². The number of carbonyl (C=O) groups excluding carboxylic acids is 1. The molecule has 0 unspecified atom stereocenters. The summed E-state index contributed by atoms with van der Waals surface area (Å²) in [4.78, 5) is 16.3. The number of imidazole rings is 1. The molecule has 0 saturated heterocycles. The lowest BCUT2D eigenvalue weighted by molar-refractivity contribution is 0.0564. The Labute approximate surface area is 135 Å². The number of aromatic nitrogens is 2. The highest BCUT2D eigenvalue weighted by Crippen LogP contribution is 2.27. The van der Waals surface area contributed by atoms with Gasteiger partial charge >= 0.3 is 5.97 Å². The van der Waals surface area contributed by atoms with E-state index in [0.717, 1.165) is 35.8 Å². The molecule has 2 aromatic rings. The summed E-state index contributed by atoms with van der Waals surface area (Å²) in [6.45, 7) is 7.28. The van der Waals surface area contributed by atoms with Gasteiger partial charge in [-0.1, -0.05) is 25.1 Å². The van der Waals surface area contributed by atoms with Gasteiger partial charge in [0.1, 0.15) is 0 Å².